The van der Waals surface area contributed by atoms with Crippen molar-refractivity contribution in [1.29, 1.82) is 5.26 Å². The number of ether oxygens (including phenoxy) is 1. The van der Waals surface area contributed by atoms with Gasteiger partial charge in [0.05, 0.1) is 5.92 Å². The Morgan fingerprint density at radius 2 is 2.09 bits per heavy atom. The molecule has 1 unspecified atom stereocenters. The monoisotopic (exact) mass is 305 g/mol. The van der Waals surface area contributed by atoms with Crippen LogP contribution in [0.4, 0.5) is 4.39 Å². The first kappa shape index (κ1) is 13.4. The highest BCUT2D eigenvalue weighted by atomic mass is 19.1. The maximum absolute atomic E-state index is 13.7. The number of fused-ring (bicyclic) bond motifs is 3. The Labute approximate surface area is 131 Å². The van der Waals surface area contributed by atoms with Crippen molar-refractivity contribution in [2.75, 3.05) is 0 Å². The Hall–Kier alpha value is -3.26. The van der Waals surface area contributed by atoms with Crippen molar-refractivity contribution in [2.45, 2.75) is 5.92 Å². The third-order valence-electron chi connectivity index (χ3n) is 4.09. The van der Waals surface area contributed by atoms with Gasteiger partial charge in [-0.1, -0.05) is 18.2 Å². The second-order valence-electron chi connectivity index (χ2n) is 5.40. The molecule has 0 aliphatic carbocycles. The van der Waals surface area contributed by atoms with Gasteiger partial charge in [-0.2, -0.15) is 5.26 Å². The third-order valence-corrected chi connectivity index (χ3v) is 4.09. The molecule has 3 N–H and O–H groups in total. The summed E-state index contributed by atoms with van der Waals surface area (Å²) in [7, 11) is 0. The zero-order valence-corrected chi connectivity index (χ0v) is 12.0. The average molecular weight is 305 g/mol. The second-order valence-corrected chi connectivity index (χ2v) is 5.40. The summed E-state index contributed by atoms with van der Waals surface area (Å²) in [6.07, 6.45) is 1.81. The molecule has 1 aliphatic rings. The summed E-state index contributed by atoms with van der Waals surface area (Å²) in [6.45, 7) is 0. The lowest BCUT2D eigenvalue weighted by atomic mass is 9.83. The smallest absolute Gasteiger partial charge is 0.205 e. The molecule has 1 aliphatic heterocycles. The van der Waals surface area contributed by atoms with E-state index < -0.39 is 5.92 Å². The van der Waals surface area contributed by atoms with E-state index in [0.29, 0.717) is 11.3 Å². The summed E-state index contributed by atoms with van der Waals surface area (Å²) in [4.78, 5) is 3.11. The van der Waals surface area contributed by atoms with Crippen molar-refractivity contribution in [3.63, 3.8) is 0 Å². The first-order valence-corrected chi connectivity index (χ1v) is 7.12. The Balaban J connectivity index is 2.02. The minimum absolute atomic E-state index is 0.0583. The first-order valence-electron chi connectivity index (χ1n) is 7.12. The zero-order valence-electron chi connectivity index (χ0n) is 12.0. The van der Waals surface area contributed by atoms with E-state index in [4.69, 9.17) is 10.5 Å². The van der Waals surface area contributed by atoms with E-state index in [2.05, 4.69) is 11.1 Å². The molecule has 3 aromatic rings. The fourth-order valence-corrected chi connectivity index (χ4v) is 3.08. The van der Waals surface area contributed by atoms with E-state index in [1.54, 1.807) is 12.1 Å². The summed E-state index contributed by atoms with van der Waals surface area (Å²) in [5.74, 6) is -0.134. The van der Waals surface area contributed by atoms with Gasteiger partial charge in [0.1, 0.15) is 23.2 Å². The van der Waals surface area contributed by atoms with Crippen molar-refractivity contribution in [3.05, 3.63) is 77.1 Å². The molecule has 0 saturated heterocycles. The number of aromatic amines is 1. The van der Waals surface area contributed by atoms with Crippen LogP contribution in [0.1, 0.15) is 17.0 Å². The van der Waals surface area contributed by atoms with Crippen LogP contribution >= 0.6 is 0 Å². The zero-order chi connectivity index (χ0) is 16.0. The fraction of sp³-hybridized carbons (Fsp3) is 0.0556. The molecular weight excluding hydrogens is 293 g/mol. The van der Waals surface area contributed by atoms with Crippen LogP contribution < -0.4 is 10.5 Å². The van der Waals surface area contributed by atoms with E-state index in [1.165, 1.54) is 12.1 Å². The highest BCUT2D eigenvalue weighted by Gasteiger charge is 2.31. The molecule has 0 fully saturated rings. The van der Waals surface area contributed by atoms with Gasteiger partial charge in [0, 0.05) is 22.7 Å². The molecular formula is C18H12FN3O. The van der Waals surface area contributed by atoms with E-state index in [1.807, 2.05) is 24.4 Å². The molecule has 0 amide bonds. The lowest BCUT2D eigenvalue weighted by molar-refractivity contribution is 0.398. The van der Waals surface area contributed by atoms with Gasteiger partial charge in [-0.3, -0.25) is 0 Å². The van der Waals surface area contributed by atoms with Gasteiger partial charge in [-0.25, -0.2) is 4.39 Å². The van der Waals surface area contributed by atoms with Gasteiger partial charge in [0.25, 0.3) is 0 Å². The van der Waals surface area contributed by atoms with E-state index in [0.717, 1.165) is 16.5 Å². The van der Waals surface area contributed by atoms with Crippen LogP contribution in [-0.4, -0.2) is 4.98 Å². The van der Waals surface area contributed by atoms with Gasteiger partial charge in [-0.05, 0) is 29.8 Å². The van der Waals surface area contributed by atoms with Crippen molar-refractivity contribution >= 4 is 10.9 Å². The third kappa shape index (κ3) is 1.96. The lowest BCUT2D eigenvalue weighted by Crippen LogP contribution is -2.21. The highest BCUT2D eigenvalue weighted by molar-refractivity contribution is 5.88. The average Bonchev–Trinajstić information content (AvgIpc) is 3.02. The van der Waals surface area contributed by atoms with Gasteiger partial charge >= 0.3 is 0 Å². The number of hydrogen-bond donors (Lipinski definition) is 2. The quantitative estimate of drug-likeness (QED) is 0.722. The van der Waals surface area contributed by atoms with Crippen LogP contribution in [0.15, 0.2) is 60.1 Å². The molecule has 4 nitrogen and oxygen atoms in total. The number of H-pyrrole nitrogens is 1. The standard InChI is InChI=1S/C18H12FN3O/c19-11-3-1-2-10(8-11)16-13-4-5-15-12(6-7-22-15)17(13)23-18(21)14(16)9-20/h1-8,16,22H,21H2. The minimum Gasteiger partial charge on any atom is -0.439 e. The van der Waals surface area contributed by atoms with Crippen LogP contribution in [0.3, 0.4) is 0 Å². The van der Waals surface area contributed by atoms with E-state index in [-0.39, 0.29) is 17.3 Å². The van der Waals surface area contributed by atoms with Gasteiger partial charge < -0.3 is 15.5 Å². The van der Waals surface area contributed by atoms with Crippen LogP contribution in [-0.2, 0) is 0 Å². The molecule has 2 aromatic carbocycles. The van der Waals surface area contributed by atoms with Gasteiger partial charge in [-0.15, -0.1) is 0 Å². The minimum atomic E-state index is -0.446. The molecule has 4 rings (SSSR count). The van der Waals surface area contributed by atoms with Crippen molar-refractivity contribution < 1.29 is 9.13 Å². The summed E-state index contributed by atoms with van der Waals surface area (Å²) in [5.41, 5.74) is 8.63. The maximum Gasteiger partial charge on any atom is 0.205 e. The van der Waals surface area contributed by atoms with Gasteiger partial charge in [0.2, 0.25) is 5.88 Å². The Bertz CT molecular complexity index is 997. The molecule has 23 heavy (non-hydrogen) atoms. The van der Waals surface area contributed by atoms with Crippen LogP contribution in [0.2, 0.25) is 0 Å². The number of rotatable bonds is 1. The number of benzene rings is 2. The predicted octanol–water partition coefficient (Wildman–Crippen LogP) is 3.53. The van der Waals surface area contributed by atoms with Gasteiger partial charge in [0.15, 0.2) is 0 Å². The molecule has 5 heteroatoms. The van der Waals surface area contributed by atoms with Crippen LogP contribution in [0.5, 0.6) is 5.75 Å². The molecule has 0 spiro atoms. The summed E-state index contributed by atoms with van der Waals surface area (Å²) in [5, 5.41) is 10.4. The number of aromatic nitrogens is 1. The van der Waals surface area contributed by atoms with E-state index in [9.17, 15) is 9.65 Å². The maximum atomic E-state index is 13.7. The Kier molecular flexibility index (Phi) is 2.85. The Morgan fingerprint density at radius 3 is 2.87 bits per heavy atom. The Morgan fingerprint density at radius 1 is 1.22 bits per heavy atom. The molecule has 2 heterocycles. The van der Waals surface area contributed by atoms with Crippen LogP contribution in [0, 0.1) is 17.1 Å². The summed E-state index contributed by atoms with van der Waals surface area (Å²) < 4.78 is 19.4. The fourth-order valence-electron chi connectivity index (χ4n) is 3.08. The number of nitrogens with two attached hydrogens (primary N) is 1. The lowest BCUT2D eigenvalue weighted by Gasteiger charge is -2.27. The number of halogens is 1. The van der Waals surface area contributed by atoms with Crippen LogP contribution in [0.25, 0.3) is 10.9 Å². The molecule has 1 atom stereocenters. The van der Waals surface area contributed by atoms with E-state index >= 15 is 0 Å². The summed E-state index contributed by atoms with van der Waals surface area (Å²) in [6, 6.07) is 14.0. The molecule has 0 radical (unpaired) electrons. The first-order chi connectivity index (χ1) is 11.2. The largest absolute Gasteiger partial charge is 0.439 e. The number of nitrogens with zero attached hydrogens (tertiary/aromatic N) is 1. The topological polar surface area (TPSA) is 74.8 Å². The number of nitrogens with one attached hydrogen (secondary N) is 1. The van der Waals surface area contributed by atoms with Crippen molar-refractivity contribution in [3.8, 4) is 11.8 Å². The molecule has 112 valence electrons. The molecule has 0 bridgehead atoms. The molecule has 0 saturated carbocycles. The van der Waals surface area contributed by atoms with Crippen molar-refractivity contribution in [1.82, 2.24) is 4.98 Å². The predicted molar refractivity (Wildman–Crippen MR) is 84.0 cm³/mol. The SMILES string of the molecule is N#CC1=C(N)Oc2c(ccc3[nH]ccc23)C1c1cccc(F)c1. The second kappa shape index (κ2) is 4.89. The van der Waals surface area contributed by atoms with Crippen molar-refractivity contribution in [2.24, 2.45) is 5.73 Å². The highest BCUT2D eigenvalue weighted by Crippen LogP contribution is 2.45. The summed E-state index contributed by atoms with van der Waals surface area (Å²) >= 11 is 0. The number of allylic oxidation sites excluding steroid dienone is 1. The number of hydrogen-bond acceptors (Lipinski definition) is 3. The normalized spacial score (nSPS) is 16.8. The number of nitriles is 1. The molecule has 1 aromatic heterocycles.